The molecule has 2 aromatic rings. The molecule has 15 heteroatoms. The normalized spacial score (nSPS) is 12.7. The molecule has 0 fully saturated rings. The SMILES string of the molecule is CCOC(=O)COc1ccc([C@@H](O)P(=O)(O)CCCC(=O)OCNC(=O)OCc2ccccc2)cc1OCC(=O)OCC. The molecular weight excluding hydrogens is 589 g/mol. The number of carbonyl (C=O) groups is 4. The number of nitrogens with one attached hydrogen (secondary N) is 1. The maximum atomic E-state index is 12.9. The van der Waals surface area contributed by atoms with Crippen molar-refractivity contribution < 1.29 is 62.2 Å². The summed E-state index contributed by atoms with van der Waals surface area (Å²) in [4.78, 5) is 57.6. The van der Waals surface area contributed by atoms with Crippen LogP contribution in [0.3, 0.4) is 0 Å². The van der Waals surface area contributed by atoms with E-state index in [0.29, 0.717) is 0 Å². The second kappa shape index (κ2) is 18.4. The van der Waals surface area contributed by atoms with Crippen molar-refractivity contribution in [2.24, 2.45) is 0 Å². The van der Waals surface area contributed by atoms with Crippen molar-refractivity contribution in [2.75, 3.05) is 39.3 Å². The maximum absolute atomic E-state index is 12.9. The number of hydrogen-bond acceptors (Lipinski definition) is 12. The number of benzene rings is 2. The molecule has 0 aliphatic heterocycles. The van der Waals surface area contributed by atoms with Gasteiger partial charge in [0.25, 0.3) is 0 Å². The van der Waals surface area contributed by atoms with E-state index < -0.39 is 63.3 Å². The zero-order valence-electron chi connectivity index (χ0n) is 23.9. The fourth-order valence-corrected chi connectivity index (χ4v) is 4.91. The van der Waals surface area contributed by atoms with Crippen molar-refractivity contribution in [3.63, 3.8) is 0 Å². The molecule has 43 heavy (non-hydrogen) atoms. The number of carbonyl (C=O) groups excluding carboxylic acids is 4. The third-order valence-electron chi connectivity index (χ3n) is 5.47. The van der Waals surface area contributed by atoms with Gasteiger partial charge in [-0.05, 0) is 43.5 Å². The molecule has 0 aliphatic rings. The van der Waals surface area contributed by atoms with Gasteiger partial charge in [-0.1, -0.05) is 36.4 Å². The second-order valence-corrected chi connectivity index (χ2v) is 11.2. The Bertz CT molecular complexity index is 1250. The number of rotatable bonds is 18. The summed E-state index contributed by atoms with van der Waals surface area (Å²) in [7, 11) is -4.27. The third-order valence-corrected chi connectivity index (χ3v) is 7.49. The van der Waals surface area contributed by atoms with E-state index >= 15 is 0 Å². The Morgan fingerprint density at radius 1 is 0.837 bits per heavy atom. The molecule has 1 amide bonds. The predicted octanol–water partition coefficient (Wildman–Crippen LogP) is 3.04. The Balaban J connectivity index is 1.88. The van der Waals surface area contributed by atoms with E-state index in [2.05, 4.69) is 5.32 Å². The Labute approximate surface area is 248 Å². The first-order valence-electron chi connectivity index (χ1n) is 13.4. The first-order valence-corrected chi connectivity index (χ1v) is 15.3. The van der Waals surface area contributed by atoms with Gasteiger partial charge in [-0.15, -0.1) is 0 Å². The average molecular weight is 626 g/mol. The molecule has 2 aromatic carbocycles. The van der Waals surface area contributed by atoms with Crippen molar-refractivity contribution in [3.05, 3.63) is 59.7 Å². The highest BCUT2D eigenvalue weighted by molar-refractivity contribution is 7.58. The summed E-state index contributed by atoms with van der Waals surface area (Å²) < 4.78 is 43.2. The highest BCUT2D eigenvalue weighted by Crippen LogP contribution is 2.55. The average Bonchev–Trinajstić information content (AvgIpc) is 2.98. The zero-order valence-corrected chi connectivity index (χ0v) is 24.8. The van der Waals surface area contributed by atoms with Gasteiger partial charge in [0.1, 0.15) is 6.61 Å². The lowest BCUT2D eigenvalue weighted by molar-refractivity contribution is -0.146. The maximum Gasteiger partial charge on any atom is 0.410 e. The molecule has 0 heterocycles. The Morgan fingerprint density at radius 3 is 2.09 bits per heavy atom. The first kappa shape index (κ1) is 35.1. The van der Waals surface area contributed by atoms with Gasteiger partial charge in [0.05, 0.1) is 13.2 Å². The standard InChI is InChI=1S/C28H36NO13P/c1-3-37-25(31)17-39-22-13-12-21(15-23(22)40-18-26(32)38-4-2)27(33)43(35,36)14-8-11-24(30)42-19-29-28(34)41-16-20-9-6-5-7-10-20/h5-7,9-10,12-13,15,27,33H,3-4,8,11,14,16-19H2,1-2H3,(H,29,34)(H,35,36)/t27-/m0/s1. The van der Waals surface area contributed by atoms with Crippen LogP contribution in [0.1, 0.15) is 43.7 Å². The zero-order chi connectivity index (χ0) is 31.7. The number of esters is 3. The van der Waals surface area contributed by atoms with E-state index in [-0.39, 0.29) is 49.7 Å². The molecule has 236 valence electrons. The van der Waals surface area contributed by atoms with Crippen LogP contribution in [0.5, 0.6) is 11.5 Å². The second-order valence-electron chi connectivity index (χ2n) is 8.75. The molecule has 2 atom stereocenters. The summed E-state index contributed by atoms with van der Waals surface area (Å²) in [5, 5.41) is 12.9. The summed E-state index contributed by atoms with van der Waals surface area (Å²) >= 11 is 0. The van der Waals surface area contributed by atoms with Crippen LogP contribution in [0.4, 0.5) is 4.79 Å². The van der Waals surface area contributed by atoms with Crippen molar-refractivity contribution in [1.29, 1.82) is 0 Å². The van der Waals surface area contributed by atoms with Crippen LogP contribution in [0, 0.1) is 0 Å². The lowest BCUT2D eigenvalue weighted by atomic mass is 10.2. The largest absolute Gasteiger partial charge is 0.478 e. The Morgan fingerprint density at radius 2 is 1.47 bits per heavy atom. The van der Waals surface area contributed by atoms with Crippen molar-refractivity contribution in [2.45, 2.75) is 39.1 Å². The summed E-state index contributed by atoms with van der Waals surface area (Å²) in [6.07, 6.45) is -1.58. The number of ether oxygens (including phenoxy) is 6. The van der Waals surface area contributed by atoms with E-state index in [0.717, 1.165) is 5.56 Å². The Hall–Kier alpha value is -4.13. The molecular formula is C28H36NO13P. The number of aliphatic hydroxyl groups excluding tert-OH is 1. The highest BCUT2D eigenvalue weighted by Gasteiger charge is 2.31. The summed E-state index contributed by atoms with van der Waals surface area (Å²) in [6.45, 7) is 2.09. The minimum absolute atomic E-state index is 0.0152. The van der Waals surface area contributed by atoms with Crippen LogP contribution in [0.2, 0.25) is 0 Å². The van der Waals surface area contributed by atoms with Gasteiger partial charge in [-0.3, -0.25) is 14.7 Å². The smallest absolute Gasteiger partial charge is 0.410 e. The number of amides is 1. The summed E-state index contributed by atoms with van der Waals surface area (Å²) in [5.41, 5.74) is 0.748. The van der Waals surface area contributed by atoms with E-state index in [1.54, 1.807) is 38.1 Å². The molecule has 1 unspecified atom stereocenters. The molecule has 0 bridgehead atoms. The predicted molar refractivity (Wildman–Crippen MR) is 150 cm³/mol. The lowest BCUT2D eigenvalue weighted by Gasteiger charge is -2.20. The number of alkyl carbamates (subject to hydrolysis) is 1. The highest BCUT2D eigenvalue weighted by atomic mass is 31.2. The molecule has 3 N–H and O–H groups in total. The van der Waals surface area contributed by atoms with Crippen LogP contribution in [0.15, 0.2) is 48.5 Å². The lowest BCUT2D eigenvalue weighted by Crippen LogP contribution is -2.28. The molecule has 0 aromatic heterocycles. The fourth-order valence-electron chi connectivity index (χ4n) is 3.42. The first-order chi connectivity index (χ1) is 20.6. The van der Waals surface area contributed by atoms with E-state index in [9.17, 15) is 33.7 Å². The van der Waals surface area contributed by atoms with Gasteiger partial charge in [-0.25, -0.2) is 14.4 Å². The van der Waals surface area contributed by atoms with Gasteiger partial charge in [0.2, 0.25) is 7.37 Å². The molecule has 0 saturated carbocycles. The van der Waals surface area contributed by atoms with Crippen molar-refractivity contribution >= 4 is 31.4 Å². The Kier molecular flexibility index (Phi) is 15.0. The van der Waals surface area contributed by atoms with Gasteiger partial charge < -0.3 is 38.4 Å². The molecule has 0 saturated heterocycles. The molecule has 0 radical (unpaired) electrons. The van der Waals surface area contributed by atoms with Gasteiger partial charge >= 0.3 is 24.0 Å². The van der Waals surface area contributed by atoms with Crippen LogP contribution in [-0.4, -0.2) is 73.3 Å². The monoisotopic (exact) mass is 625 g/mol. The van der Waals surface area contributed by atoms with Gasteiger partial charge in [0, 0.05) is 12.6 Å². The molecule has 14 nitrogen and oxygen atoms in total. The summed E-state index contributed by atoms with van der Waals surface area (Å²) in [5.74, 6) is -4.03. The fraction of sp³-hybridized carbons (Fsp3) is 0.429. The topological polar surface area (TPSA) is 193 Å². The molecule has 0 spiro atoms. The van der Waals surface area contributed by atoms with Crippen molar-refractivity contribution in [3.8, 4) is 11.5 Å². The van der Waals surface area contributed by atoms with Crippen LogP contribution >= 0.6 is 7.37 Å². The minimum Gasteiger partial charge on any atom is -0.478 e. The quantitative estimate of drug-likeness (QED) is 0.0948. The number of hydrogen-bond donors (Lipinski definition) is 3. The molecule has 2 rings (SSSR count). The minimum atomic E-state index is -4.27. The van der Waals surface area contributed by atoms with Crippen LogP contribution in [-0.2, 0) is 44.5 Å². The van der Waals surface area contributed by atoms with E-state index in [1.165, 1.54) is 18.2 Å². The van der Waals surface area contributed by atoms with E-state index in [4.69, 9.17) is 28.4 Å². The van der Waals surface area contributed by atoms with Crippen LogP contribution in [0.25, 0.3) is 0 Å². The van der Waals surface area contributed by atoms with Crippen molar-refractivity contribution in [1.82, 2.24) is 5.32 Å². The van der Waals surface area contributed by atoms with Gasteiger partial charge in [0.15, 0.2) is 37.3 Å². The third kappa shape index (κ3) is 13.2. The summed E-state index contributed by atoms with van der Waals surface area (Å²) in [6, 6.07) is 12.8. The van der Waals surface area contributed by atoms with Gasteiger partial charge in [-0.2, -0.15) is 0 Å². The molecule has 0 aliphatic carbocycles. The van der Waals surface area contributed by atoms with E-state index in [1.807, 2.05) is 6.07 Å². The van der Waals surface area contributed by atoms with Crippen LogP contribution < -0.4 is 14.8 Å². The number of aliphatic hydroxyl groups is 1.